The maximum Gasteiger partial charge on any atom is 0.332 e. The number of hydrogen-bond acceptors (Lipinski definition) is 5. The minimum absolute atomic E-state index is 0.0495. The SMILES string of the molecule is Cn1c(=O)c2ccc(C(=O)Nc3ccc4[nH]c(=O)[nH]c4c3)nc2n(C)c1=O. The van der Waals surface area contributed by atoms with E-state index in [2.05, 4.69) is 20.3 Å². The zero-order valence-corrected chi connectivity index (χ0v) is 14.4. The van der Waals surface area contributed by atoms with Crippen LogP contribution in [0.1, 0.15) is 10.5 Å². The van der Waals surface area contributed by atoms with E-state index in [1.165, 1.54) is 30.8 Å². The second kappa shape index (κ2) is 5.80. The van der Waals surface area contributed by atoms with Gasteiger partial charge < -0.3 is 15.3 Å². The number of nitrogens with zero attached hydrogens (tertiary/aromatic N) is 3. The molecule has 4 aromatic rings. The van der Waals surface area contributed by atoms with Gasteiger partial charge in [0.25, 0.3) is 11.5 Å². The molecule has 4 rings (SSSR count). The van der Waals surface area contributed by atoms with Gasteiger partial charge in [0.15, 0.2) is 0 Å². The van der Waals surface area contributed by atoms with Crippen molar-refractivity contribution in [3.8, 4) is 0 Å². The van der Waals surface area contributed by atoms with Crippen molar-refractivity contribution in [1.82, 2.24) is 24.1 Å². The van der Waals surface area contributed by atoms with E-state index in [9.17, 15) is 19.2 Å². The summed E-state index contributed by atoms with van der Waals surface area (Å²) in [5.74, 6) is -0.512. The van der Waals surface area contributed by atoms with E-state index in [4.69, 9.17) is 0 Å². The molecule has 0 spiro atoms. The third-order valence-corrected chi connectivity index (χ3v) is 4.31. The first-order chi connectivity index (χ1) is 12.8. The highest BCUT2D eigenvalue weighted by Crippen LogP contribution is 2.16. The Kier molecular flexibility index (Phi) is 3.55. The van der Waals surface area contributed by atoms with Gasteiger partial charge in [-0.1, -0.05) is 0 Å². The first kappa shape index (κ1) is 16.5. The van der Waals surface area contributed by atoms with Gasteiger partial charge in [-0.05, 0) is 30.3 Å². The molecule has 1 aromatic carbocycles. The molecule has 0 radical (unpaired) electrons. The number of imidazole rings is 1. The summed E-state index contributed by atoms with van der Waals surface area (Å²) < 4.78 is 2.20. The molecule has 3 N–H and O–H groups in total. The molecule has 0 fully saturated rings. The van der Waals surface area contributed by atoms with Crippen molar-refractivity contribution < 1.29 is 4.79 Å². The highest BCUT2D eigenvalue weighted by Gasteiger charge is 2.14. The first-order valence-electron chi connectivity index (χ1n) is 7.95. The van der Waals surface area contributed by atoms with E-state index in [1.807, 2.05) is 0 Å². The van der Waals surface area contributed by atoms with E-state index >= 15 is 0 Å². The van der Waals surface area contributed by atoms with Gasteiger partial charge in [-0.3, -0.25) is 18.7 Å². The molecular formula is C17H14N6O4. The van der Waals surface area contributed by atoms with E-state index in [0.29, 0.717) is 16.7 Å². The van der Waals surface area contributed by atoms with Crippen molar-refractivity contribution >= 4 is 33.7 Å². The number of hydrogen-bond donors (Lipinski definition) is 3. The molecule has 3 aromatic heterocycles. The molecule has 3 heterocycles. The van der Waals surface area contributed by atoms with Gasteiger partial charge in [0.1, 0.15) is 11.3 Å². The van der Waals surface area contributed by atoms with Crippen LogP contribution in [0.5, 0.6) is 0 Å². The molecule has 0 unspecified atom stereocenters. The van der Waals surface area contributed by atoms with Crippen LogP contribution in [0.15, 0.2) is 44.7 Å². The lowest BCUT2D eigenvalue weighted by Crippen LogP contribution is -2.37. The van der Waals surface area contributed by atoms with E-state index in [-0.39, 0.29) is 22.4 Å². The van der Waals surface area contributed by atoms with Crippen LogP contribution >= 0.6 is 0 Å². The second-order valence-corrected chi connectivity index (χ2v) is 6.07. The number of benzene rings is 1. The monoisotopic (exact) mass is 366 g/mol. The lowest BCUT2D eigenvalue weighted by atomic mass is 10.2. The zero-order chi connectivity index (χ0) is 19.3. The van der Waals surface area contributed by atoms with Gasteiger partial charge >= 0.3 is 11.4 Å². The predicted molar refractivity (Wildman–Crippen MR) is 99.1 cm³/mol. The van der Waals surface area contributed by atoms with Crippen LogP contribution in [-0.2, 0) is 14.1 Å². The van der Waals surface area contributed by atoms with Gasteiger partial charge in [-0.15, -0.1) is 0 Å². The van der Waals surface area contributed by atoms with Crippen molar-refractivity contribution in [3.05, 3.63) is 67.3 Å². The molecule has 0 atom stereocenters. The summed E-state index contributed by atoms with van der Waals surface area (Å²) in [6.07, 6.45) is 0. The summed E-state index contributed by atoms with van der Waals surface area (Å²) in [4.78, 5) is 57.5. The number of H-pyrrole nitrogens is 2. The van der Waals surface area contributed by atoms with Gasteiger partial charge in [0, 0.05) is 19.8 Å². The summed E-state index contributed by atoms with van der Waals surface area (Å²) in [5.41, 5.74) is 0.459. The number of anilines is 1. The van der Waals surface area contributed by atoms with Crippen molar-refractivity contribution in [2.45, 2.75) is 0 Å². The fourth-order valence-corrected chi connectivity index (χ4v) is 2.89. The van der Waals surface area contributed by atoms with Crippen LogP contribution in [-0.4, -0.2) is 30.0 Å². The average molecular weight is 366 g/mol. The molecule has 0 aliphatic heterocycles. The summed E-state index contributed by atoms with van der Waals surface area (Å²) in [5, 5.41) is 2.91. The third-order valence-electron chi connectivity index (χ3n) is 4.31. The molecule has 0 aliphatic carbocycles. The molecule has 0 saturated heterocycles. The van der Waals surface area contributed by atoms with Crippen molar-refractivity contribution in [2.24, 2.45) is 14.1 Å². The molecular weight excluding hydrogens is 352 g/mol. The number of pyridine rings is 1. The number of fused-ring (bicyclic) bond motifs is 2. The van der Waals surface area contributed by atoms with Crippen LogP contribution in [0.2, 0.25) is 0 Å². The molecule has 0 bridgehead atoms. The standard InChI is InChI=1S/C17H14N6O4/c1-22-13-9(15(25)23(2)17(22)27)4-6-11(19-13)14(24)18-8-3-5-10-12(7-8)21-16(26)20-10/h3-7H,1-2H3,(H,18,24)(H2,20,21,26). The molecule has 0 saturated carbocycles. The quantitative estimate of drug-likeness (QED) is 0.461. The number of carbonyl (C=O) groups excluding carboxylic acids is 1. The van der Waals surface area contributed by atoms with Crippen LogP contribution in [0, 0.1) is 0 Å². The average Bonchev–Trinajstić information content (AvgIpc) is 3.03. The Balaban J connectivity index is 1.74. The highest BCUT2D eigenvalue weighted by molar-refractivity contribution is 6.04. The van der Waals surface area contributed by atoms with Crippen LogP contribution < -0.4 is 22.3 Å². The minimum atomic E-state index is -0.528. The largest absolute Gasteiger partial charge is 0.332 e. The third kappa shape index (κ3) is 2.63. The zero-order valence-electron chi connectivity index (χ0n) is 14.4. The maximum absolute atomic E-state index is 12.5. The Morgan fingerprint density at radius 1 is 1.00 bits per heavy atom. The van der Waals surface area contributed by atoms with Crippen LogP contribution in [0.25, 0.3) is 22.1 Å². The fraction of sp³-hybridized carbons (Fsp3) is 0.118. The van der Waals surface area contributed by atoms with Crippen molar-refractivity contribution in [2.75, 3.05) is 5.32 Å². The van der Waals surface area contributed by atoms with Crippen molar-refractivity contribution in [1.29, 1.82) is 0 Å². The number of aryl methyl sites for hydroxylation is 1. The first-order valence-corrected chi connectivity index (χ1v) is 7.95. The Labute approximate surface area is 150 Å². The van der Waals surface area contributed by atoms with Crippen molar-refractivity contribution in [3.63, 3.8) is 0 Å². The van der Waals surface area contributed by atoms with Gasteiger partial charge in [-0.2, -0.15) is 0 Å². The smallest absolute Gasteiger partial charge is 0.321 e. The Hall–Kier alpha value is -3.95. The topological polar surface area (TPSA) is 135 Å². The number of carbonyl (C=O) groups is 1. The second-order valence-electron chi connectivity index (χ2n) is 6.07. The van der Waals surface area contributed by atoms with Gasteiger partial charge in [0.2, 0.25) is 0 Å². The van der Waals surface area contributed by atoms with E-state index < -0.39 is 17.2 Å². The molecule has 0 aliphatic rings. The minimum Gasteiger partial charge on any atom is -0.321 e. The predicted octanol–water partition coefficient (Wildman–Crippen LogP) is 0.0541. The molecule has 10 heteroatoms. The summed E-state index contributed by atoms with van der Waals surface area (Å²) in [7, 11) is 2.86. The number of nitrogens with one attached hydrogen (secondary N) is 3. The normalized spacial score (nSPS) is 11.2. The summed E-state index contributed by atoms with van der Waals surface area (Å²) in [6, 6.07) is 7.78. The molecule has 136 valence electrons. The molecule has 27 heavy (non-hydrogen) atoms. The fourth-order valence-electron chi connectivity index (χ4n) is 2.89. The van der Waals surface area contributed by atoms with E-state index in [1.54, 1.807) is 18.2 Å². The number of amides is 1. The van der Waals surface area contributed by atoms with Gasteiger partial charge in [-0.25, -0.2) is 14.6 Å². The van der Waals surface area contributed by atoms with E-state index in [0.717, 1.165) is 4.57 Å². The van der Waals surface area contributed by atoms with Gasteiger partial charge in [0.05, 0.1) is 16.4 Å². The Morgan fingerprint density at radius 2 is 1.74 bits per heavy atom. The summed E-state index contributed by atoms with van der Waals surface area (Å²) in [6.45, 7) is 0. The van der Waals surface area contributed by atoms with Crippen LogP contribution in [0.3, 0.4) is 0 Å². The Bertz CT molecular complexity index is 1410. The lowest BCUT2D eigenvalue weighted by molar-refractivity contribution is 0.102. The van der Waals surface area contributed by atoms with Crippen LogP contribution in [0.4, 0.5) is 5.69 Å². The lowest BCUT2D eigenvalue weighted by Gasteiger charge is -2.09. The number of rotatable bonds is 2. The highest BCUT2D eigenvalue weighted by atomic mass is 16.2. The number of aromatic amines is 2. The number of aromatic nitrogens is 5. The molecule has 1 amide bonds. The molecule has 10 nitrogen and oxygen atoms in total. The summed E-state index contributed by atoms with van der Waals surface area (Å²) >= 11 is 0. The maximum atomic E-state index is 12.5. The Morgan fingerprint density at radius 3 is 2.52 bits per heavy atom.